The van der Waals surface area contributed by atoms with Crippen LogP contribution in [0, 0.1) is 0 Å². The van der Waals surface area contributed by atoms with Crippen molar-refractivity contribution in [2.24, 2.45) is 0 Å². The van der Waals surface area contributed by atoms with E-state index >= 15 is 0 Å². The third-order valence-electron chi connectivity index (χ3n) is 6.84. The second kappa shape index (κ2) is 13.9. The highest BCUT2D eigenvalue weighted by molar-refractivity contribution is 6.35. The lowest BCUT2D eigenvalue weighted by molar-refractivity contribution is -0.157. The van der Waals surface area contributed by atoms with Gasteiger partial charge in [0, 0.05) is 55.2 Å². The van der Waals surface area contributed by atoms with E-state index in [9.17, 15) is 14.4 Å². The molecule has 4 rings (SSSR count). The van der Waals surface area contributed by atoms with Gasteiger partial charge in [0.25, 0.3) is 0 Å². The Morgan fingerprint density at radius 3 is 2.58 bits per heavy atom. The number of nitrogens with one attached hydrogen (secondary N) is 1. The number of benzene rings is 1. The van der Waals surface area contributed by atoms with Crippen molar-refractivity contribution in [1.29, 1.82) is 0 Å². The molecule has 11 heteroatoms. The van der Waals surface area contributed by atoms with Gasteiger partial charge in [0.2, 0.25) is 17.7 Å². The minimum atomic E-state index is -0.885. The number of ether oxygens (including phenoxy) is 1. The molecule has 2 saturated heterocycles. The SMILES string of the molecule is O=C(CC1C(=O)N(CCc2ccc(Cl)cc2Cl)CC(=O)N1Cc1ccncc1)NCCCN1CCOCC1. The summed E-state index contributed by atoms with van der Waals surface area (Å²) in [5.41, 5.74) is 1.68. The zero-order valence-electron chi connectivity index (χ0n) is 21.3. The van der Waals surface area contributed by atoms with Gasteiger partial charge in [0.15, 0.2) is 0 Å². The smallest absolute Gasteiger partial charge is 0.246 e. The Morgan fingerprint density at radius 1 is 1.08 bits per heavy atom. The molecule has 1 unspecified atom stereocenters. The van der Waals surface area contributed by atoms with Gasteiger partial charge in [-0.1, -0.05) is 29.3 Å². The fourth-order valence-electron chi connectivity index (χ4n) is 4.70. The first kappa shape index (κ1) is 28.3. The number of aromatic nitrogens is 1. The van der Waals surface area contributed by atoms with Gasteiger partial charge in [0.1, 0.15) is 6.04 Å². The van der Waals surface area contributed by atoms with E-state index in [2.05, 4.69) is 15.2 Å². The lowest BCUT2D eigenvalue weighted by Crippen LogP contribution is -2.60. The molecule has 1 N–H and O–H groups in total. The summed E-state index contributed by atoms with van der Waals surface area (Å²) in [7, 11) is 0. The maximum Gasteiger partial charge on any atom is 0.246 e. The van der Waals surface area contributed by atoms with Crippen molar-refractivity contribution >= 4 is 40.9 Å². The second-order valence-electron chi connectivity index (χ2n) is 9.50. The van der Waals surface area contributed by atoms with Crippen LogP contribution in [0.3, 0.4) is 0 Å². The fraction of sp³-hybridized carbons (Fsp3) is 0.481. The summed E-state index contributed by atoms with van der Waals surface area (Å²) in [6, 6.07) is 7.94. The highest BCUT2D eigenvalue weighted by atomic mass is 35.5. The van der Waals surface area contributed by atoms with Crippen molar-refractivity contribution < 1.29 is 19.1 Å². The maximum atomic E-state index is 13.6. The first-order valence-corrected chi connectivity index (χ1v) is 13.6. The minimum Gasteiger partial charge on any atom is -0.379 e. The number of hydrogen-bond donors (Lipinski definition) is 1. The van der Waals surface area contributed by atoms with E-state index in [0.717, 1.165) is 50.4 Å². The largest absolute Gasteiger partial charge is 0.379 e. The van der Waals surface area contributed by atoms with Gasteiger partial charge >= 0.3 is 0 Å². The van der Waals surface area contributed by atoms with Gasteiger partial charge in [-0.2, -0.15) is 0 Å². The van der Waals surface area contributed by atoms with Crippen LogP contribution >= 0.6 is 23.2 Å². The number of halogens is 2. The average Bonchev–Trinajstić information content (AvgIpc) is 2.92. The van der Waals surface area contributed by atoms with Crippen molar-refractivity contribution in [3.8, 4) is 0 Å². The van der Waals surface area contributed by atoms with E-state index in [1.165, 1.54) is 9.80 Å². The Kier molecular flexibility index (Phi) is 10.3. The zero-order chi connectivity index (χ0) is 26.9. The summed E-state index contributed by atoms with van der Waals surface area (Å²) in [5, 5.41) is 3.98. The van der Waals surface area contributed by atoms with Crippen LogP contribution in [0.25, 0.3) is 0 Å². The molecule has 3 amide bonds. The van der Waals surface area contributed by atoms with E-state index in [-0.39, 0.29) is 37.2 Å². The highest BCUT2D eigenvalue weighted by Gasteiger charge is 2.40. The number of morpholine rings is 1. The van der Waals surface area contributed by atoms with Crippen molar-refractivity contribution in [2.45, 2.75) is 31.8 Å². The van der Waals surface area contributed by atoms with E-state index in [1.54, 1.807) is 36.7 Å². The number of piperazine rings is 1. The van der Waals surface area contributed by atoms with Crippen LogP contribution in [0.1, 0.15) is 24.0 Å². The normalized spacial score (nSPS) is 18.6. The number of hydrogen-bond acceptors (Lipinski definition) is 6. The van der Waals surface area contributed by atoms with Gasteiger partial charge in [-0.05, 0) is 54.8 Å². The molecule has 1 aromatic carbocycles. The predicted molar refractivity (Wildman–Crippen MR) is 145 cm³/mol. The van der Waals surface area contributed by atoms with Crippen LogP contribution in [-0.4, -0.2) is 95.9 Å². The topological polar surface area (TPSA) is 95.1 Å². The van der Waals surface area contributed by atoms with Gasteiger partial charge in [-0.3, -0.25) is 24.3 Å². The molecule has 0 spiro atoms. The number of carbonyl (C=O) groups excluding carboxylic acids is 3. The summed E-state index contributed by atoms with van der Waals surface area (Å²) in [5.74, 6) is -0.693. The molecule has 2 aliphatic heterocycles. The molecule has 2 aromatic rings. The molecule has 2 aliphatic rings. The van der Waals surface area contributed by atoms with E-state index in [4.69, 9.17) is 27.9 Å². The number of pyridine rings is 1. The quantitative estimate of drug-likeness (QED) is 0.423. The van der Waals surface area contributed by atoms with Gasteiger partial charge in [-0.25, -0.2) is 0 Å². The molecule has 2 fully saturated rings. The van der Waals surface area contributed by atoms with Crippen LogP contribution in [0.2, 0.25) is 10.0 Å². The van der Waals surface area contributed by atoms with Crippen LogP contribution in [0.4, 0.5) is 0 Å². The third kappa shape index (κ3) is 7.89. The second-order valence-corrected chi connectivity index (χ2v) is 10.3. The lowest BCUT2D eigenvalue weighted by Gasteiger charge is -2.40. The molecule has 0 aliphatic carbocycles. The molecule has 1 aromatic heterocycles. The average molecular weight is 562 g/mol. The molecule has 204 valence electrons. The molecular weight excluding hydrogens is 529 g/mol. The van der Waals surface area contributed by atoms with E-state index in [0.29, 0.717) is 29.6 Å². The van der Waals surface area contributed by atoms with Crippen LogP contribution < -0.4 is 5.32 Å². The van der Waals surface area contributed by atoms with E-state index in [1.807, 2.05) is 6.07 Å². The molecule has 0 radical (unpaired) electrons. The Hall–Kier alpha value is -2.72. The molecule has 0 bridgehead atoms. The Bertz CT molecular complexity index is 1110. The van der Waals surface area contributed by atoms with Gasteiger partial charge in [0.05, 0.1) is 26.2 Å². The zero-order valence-corrected chi connectivity index (χ0v) is 22.8. The molecule has 38 heavy (non-hydrogen) atoms. The summed E-state index contributed by atoms with van der Waals surface area (Å²) in [6.45, 7) is 5.14. The summed E-state index contributed by atoms with van der Waals surface area (Å²) in [4.78, 5) is 49.0. The molecule has 1 atom stereocenters. The van der Waals surface area contributed by atoms with Gasteiger partial charge in [-0.15, -0.1) is 0 Å². The molecule has 3 heterocycles. The van der Waals surface area contributed by atoms with Crippen molar-refractivity contribution in [3.05, 3.63) is 63.9 Å². The lowest BCUT2D eigenvalue weighted by atomic mass is 10.0. The standard InChI is InChI=1S/C27H33Cl2N5O4/c28-22-3-2-21(23(29)16-22)6-11-33-19-26(36)34(18-20-4-8-30-9-5-20)24(27(33)37)17-25(35)31-7-1-10-32-12-14-38-15-13-32/h2-5,8-9,16,24H,1,6-7,10-15,17-19H2,(H,31,35). The Morgan fingerprint density at radius 2 is 1.84 bits per heavy atom. The maximum absolute atomic E-state index is 13.6. The summed E-state index contributed by atoms with van der Waals surface area (Å²) >= 11 is 12.3. The summed E-state index contributed by atoms with van der Waals surface area (Å²) in [6.07, 6.45) is 4.47. The van der Waals surface area contributed by atoms with Crippen LogP contribution in [-0.2, 0) is 32.1 Å². The predicted octanol–water partition coefficient (Wildman–Crippen LogP) is 2.40. The molecule has 9 nitrogen and oxygen atoms in total. The Balaban J connectivity index is 1.38. The van der Waals surface area contributed by atoms with Crippen LogP contribution in [0.5, 0.6) is 0 Å². The first-order chi connectivity index (χ1) is 18.4. The monoisotopic (exact) mass is 561 g/mol. The molecular formula is C27H33Cl2N5O4. The van der Waals surface area contributed by atoms with E-state index < -0.39 is 6.04 Å². The minimum absolute atomic E-state index is 0.0488. The highest BCUT2D eigenvalue weighted by Crippen LogP contribution is 2.23. The third-order valence-corrected chi connectivity index (χ3v) is 7.43. The van der Waals surface area contributed by atoms with Crippen molar-refractivity contribution in [1.82, 2.24) is 25.0 Å². The van der Waals surface area contributed by atoms with Crippen molar-refractivity contribution in [3.63, 3.8) is 0 Å². The van der Waals surface area contributed by atoms with Gasteiger partial charge < -0.3 is 19.9 Å². The number of rotatable bonds is 11. The Labute approximate surface area is 233 Å². The number of amides is 3. The van der Waals surface area contributed by atoms with Crippen LogP contribution in [0.15, 0.2) is 42.7 Å². The fourth-order valence-corrected chi connectivity index (χ4v) is 5.21. The molecule has 0 saturated carbocycles. The number of carbonyl (C=O) groups is 3. The number of nitrogens with zero attached hydrogens (tertiary/aromatic N) is 4. The van der Waals surface area contributed by atoms with Crippen molar-refractivity contribution in [2.75, 3.05) is 52.5 Å². The summed E-state index contributed by atoms with van der Waals surface area (Å²) < 4.78 is 5.37. The first-order valence-electron chi connectivity index (χ1n) is 12.9.